The molecule has 0 spiro atoms. The highest BCUT2D eigenvalue weighted by Gasteiger charge is 2.33. The lowest BCUT2D eigenvalue weighted by atomic mass is 10.1. The Hall–Kier alpha value is -1.31. The van der Waals surface area contributed by atoms with Gasteiger partial charge in [0.05, 0.1) is 6.54 Å². The highest BCUT2D eigenvalue weighted by atomic mass is 32.1. The Bertz CT molecular complexity index is 483. The lowest BCUT2D eigenvalue weighted by Gasteiger charge is -2.11. The van der Waals surface area contributed by atoms with E-state index >= 15 is 0 Å². The van der Waals surface area contributed by atoms with E-state index in [-0.39, 0.29) is 6.54 Å². The maximum absolute atomic E-state index is 12.5. The molecule has 1 aromatic rings. The first-order valence-corrected chi connectivity index (χ1v) is 8.74. The summed E-state index contributed by atoms with van der Waals surface area (Å²) in [4.78, 5) is 7.86. The van der Waals surface area contributed by atoms with Crippen LogP contribution in [0.3, 0.4) is 0 Å². The molecule has 0 saturated carbocycles. The Labute approximate surface area is 139 Å². The molecule has 1 rings (SSSR count). The Morgan fingerprint density at radius 2 is 2.04 bits per heavy atom. The maximum atomic E-state index is 12.5. The Morgan fingerprint density at radius 1 is 1.30 bits per heavy atom. The van der Waals surface area contributed by atoms with Crippen LogP contribution < -0.4 is 10.6 Å². The molecule has 0 unspecified atom stereocenters. The van der Waals surface area contributed by atoms with E-state index in [1.165, 1.54) is 6.42 Å². The minimum atomic E-state index is -4.39. The predicted molar refractivity (Wildman–Crippen MR) is 88.6 cm³/mol. The number of nitrogens with zero attached hydrogens (tertiary/aromatic N) is 2. The van der Waals surface area contributed by atoms with Crippen LogP contribution in [0.15, 0.2) is 10.4 Å². The Balaban J connectivity index is 2.46. The van der Waals surface area contributed by atoms with Crippen molar-refractivity contribution in [1.29, 1.82) is 0 Å². The monoisotopic (exact) mass is 350 g/mol. The van der Waals surface area contributed by atoms with Gasteiger partial charge in [0, 0.05) is 18.5 Å². The second-order valence-electron chi connectivity index (χ2n) is 5.64. The standard InChI is InChI=1S/C15H25F3N4S/c1-4-19-14(20-8-6-5-7-11(2)3)21-9-13-22-12(10-23-13)15(16,17)18/h10-11H,4-9H2,1-3H3,(H2,19,20,21). The molecular weight excluding hydrogens is 325 g/mol. The molecule has 132 valence electrons. The zero-order valence-electron chi connectivity index (χ0n) is 13.8. The lowest BCUT2D eigenvalue weighted by Crippen LogP contribution is -2.37. The maximum Gasteiger partial charge on any atom is 0.434 e. The molecule has 0 atom stereocenters. The van der Waals surface area contributed by atoms with Crippen molar-refractivity contribution in [2.24, 2.45) is 10.9 Å². The van der Waals surface area contributed by atoms with Gasteiger partial charge in [-0.1, -0.05) is 26.7 Å². The molecule has 0 aromatic carbocycles. The number of hydrogen-bond acceptors (Lipinski definition) is 3. The summed E-state index contributed by atoms with van der Waals surface area (Å²) in [5.41, 5.74) is -0.848. The molecule has 0 aliphatic carbocycles. The number of nitrogens with one attached hydrogen (secondary N) is 2. The number of thiazole rings is 1. The van der Waals surface area contributed by atoms with Gasteiger partial charge >= 0.3 is 6.18 Å². The highest BCUT2D eigenvalue weighted by Crippen LogP contribution is 2.30. The van der Waals surface area contributed by atoms with Gasteiger partial charge in [-0.3, -0.25) is 0 Å². The van der Waals surface area contributed by atoms with E-state index in [4.69, 9.17) is 0 Å². The highest BCUT2D eigenvalue weighted by molar-refractivity contribution is 7.09. The van der Waals surface area contributed by atoms with E-state index in [1.807, 2.05) is 6.92 Å². The van der Waals surface area contributed by atoms with Gasteiger partial charge in [0.25, 0.3) is 0 Å². The Morgan fingerprint density at radius 3 is 2.61 bits per heavy atom. The first-order valence-electron chi connectivity index (χ1n) is 7.86. The lowest BCUT2D eigenvalue weighted by molar-refractivity contribution is -0.140. The number of guanidine groups is 1. The van der Waals surface area contributed by atoms with E-state index in [0.29, 0.717) is 23.4 Å². The minimum Gasteiger partial charge on any atom is -0.357 e. The van der Waals surface area contributed by atoms with Crippen LogP contribution in [-0.4, -0.2) is 24.0 Å². The second kappa shape index (κ2) is 9.75. The third-order valence-corrected chi connectivity index (χ3v) is 3.89. The fourth-order valence-electron chi connectivity index (χ4n) is 1.89. The van der Waals surface area contributed by atoms with Crippen molar-refractivity contribution in [3.63, 3.8) is 0 Å². The molecule has 0 radical (unpaired) electrons. The zero-order valence-corrected chi connectivity index (χ0v) is 14.7. The van der Waals surface area contributed by atoms with Crippen LogP contribution in [0.2, 0.25) is 0 Å². The SMILES string of the molecule is CCNC(=NCc1nc(C(F)(F)F)cs1)NCCCCC(C)C. The number of rotatable bonds is 8. The predicted octanol–water partition coefficient (Wildman–Crippen LogP) is 4.04. The van der Waals surface area contributed by atoms with Gasteiger partial charge in [-0.25, -0.2) is 9.98 Å². The van der Waals surface area contributed by atoms with E-state index in [9.17, 15) is 13.2 Å². The molecule has 0 saturated heterocycles. The minimum absolute atomic E-state index is 0.141. The molecule has 8 heteroatoms. The van der Waals surface area contributed by atoms with Gasteiger partial charge in [-0.15, -0.1) is 11.3 Å². The topological polar surface area (TPSA) is 49.3 Å². The van der Waals surface area contributed by atoms with Crippen LogP contribution in [0.4, 0.5) is 13.2 Å². The largest absolute Gasteiger partial charge is 0.434 e. The van der Waals surface area contributed by atoms with Crippen LogP contribution in [0, 0.1) is 5.92 Å². The molecule has 1 aromatic heterocycles. The van der Waals surface area contributed by atoms with Crippen molar-refractivity contribution >= 4 is 17.3 Å². The number of alkyl halides is 3. The van der Waals surface area contributed by atoms with Gasteiger partial charge in [0.15, 0.2) is 11.7 Å². The fraction of sp³-hybridized carbons (Fsp3) is 0.733. The van der Waals surface area contributed by atoms with Gasteiger partial charge in [-0.2, -0.15) is 13.2 Å². The van der Waals surface area contributed by atoms with Crippen molar-refractivity contribution < 1.29 is 13.2 Å². The number of halogens is 3. The number of aliphatic imine (C=N–C) groups is 1. The molecule has 0 aliphatic rings. The molecule has 0 aliphatic heterocycles. The number of hydrogen-bond donors (Lipinski definition) is 2. The van der Waals surface area contributed by atoms with E-state index in [1.54, 1.807) is 0 Å². The normalized spacial score (nSPS) is 12.7. The van der Waals surface area contributed by atoms with E-state index in [2.05, 4.69) is 34.5 Å². The first-order chi connectivity index (χ1) is 10.8. The van der Waals surface area contributed by atoms with Gasteiger partial charge in [-0.05, 0) is 19.3 Å². The summed E-state index contributed by atoms with van der Waals surface area (Å²) < 4.78 is 37.5. The first kappa shape index (κ1) is 19.7. The number of unbranched alkanes of at least 4 members (excludes halogenated alkanes) is 1. The third-order valence-electron chi connectivity index (χ3n) is 3.06. The van der Waals surface area contributed by atoms with E-state index in [0.717, 1.165) is 36.1 Å². The summed E-state index contributed by atoms with van der Waals surface area (Å²) in [6.07, 6.45) is -1.02. The quantitative estimate of drug-likeness (QED) is 0.423. The van der Waals surface area contributed by atoms with Gasteiger partial charge in [0.2, 0.25) is 0 Å². The van der Waals surface area contributed by atoms with Crippen molar-refractivity contribution in [3.8, 4) is 0 Å². The summed E-state index contributed by atoms with van der Waals surface area (Å²) in [6.45, 7) is 7.97. The summed E-state index contributed by atoms with van der Waals surface area (Å²) in [7, 11) is 0. The Kier molecular flexibility index (Phi) is 8.36. The number of aromatic nitrogens is 1. The van der Waals surface area contributed by atoms with Gasteiger partial charge in [0.1, 0.15) is 5.01 Å². The summed E-state index contributed by atoms with van der Waals surface area (Å²) >= 11 is 0.978. The summed E-state index contributed by atoms with van der Waals surface area (Å²) in [6, 6.07) is 0. The van der Waals surface area contributed by atoms with Crippen molar-refractivity contribution in [3.05, 3.63) is 16.1 Å². The average Bonchev–Trinajstić information content (AvgIpc) is 2.93. The molecule has 0 amide bonds. The summed E-state index contributed by atoms with van der Waals surface area (Å²) in [5.74, 6) is 1.31. The molecular formula is C15H25F3N4S. The van der Waals surface area contributed by atoms with Crippen LogP contribution in [0.5, 0.6) is 0 Å². The molecule has 1 heterocycles. The van der Waals surface area contributed by atoms with E-state index < -0.39 is 11.9 Å². The summed E-state index contributed by atoms with van der Waals surface area (Å²) in [5, 5.41) is 7.66. The van der Waals surface area contributed by atoms with Crippen LogP contribution in [0.25, 0.3) is 0 Å². The van der Waals surface area contributed by atoms with Gasteiger partial charge < -0.3 is 10.6 Å². The van der Waals surface area contributed by atoms with Crippen molar-refractivity contribution in [1.82, 2.24) is 15.6 Å². The molecule has 0 fully saturated rings. The molecule has 2 N–H and O–H groups in total. The zero-order chi connectivity index (χ0) is 17.3. The fourth-order valence-corrected chi connectivity index (χ4v) is 2.61. The van der Waals surface area contributed by atoms with Crippen molar-refractivity contribution in [2.75, 3.05) is 13.1 Å². The van der Waals surface area contributed by atoms with Crippen LogP contribution in [0.1, 0.15) is 50.7 Å². The third kappa shape index (κ3) is 8.20. The molecule has 4 nitrogen and oxygen atoms in total. The van der Waals surface area contributed by atoms with Crippen LogP contribution >= 0.6 is 11.3 Å². The second-order valence-corrected chi connectivity index (χ2v) is 6.58. The molecule has 0 bridgehead atoms. The smallest absolute Gasteiger partial charge is 0.357 e. The van der Waals surface area contributed by atoms with Crippen LogP contribution in [-0.2, 0) is 12.7 Å². The average molecular weight is 350 g/mol. The van der Waals surface area contributed by atoms with Crippen molar-refractivity contribution in [2.45, 2.75) is 52.8 Å². The molecule has 23 heavy (non-hydrogen) atoms.